The second-order valence-corrected chi connectivity index (χ2v) is 9.96. The Morgan fingerprint density at radius 1 is 0.658 bits per heavy atom. The van der Waals surface area contributed by atoms with E-state index < -0.39 is 42.4 Å². The van der Waals surface area contributed by atoms with Crippen LogP contribution in [0.2, 0.25) is 0 Å². The number of nitro groups is 4. The summed E-state index contributed by atoms with van der Waals surface area (Å²) in [6.45, 7) is 3.24. The predicted octanol–water partition coefficient (Wildman–Crippen LogP) is 7.04. The first-order valence-corrected chi connectivity index (χ1v) is 13.7. The minimum atomic E-state index is -0.747. The molecule has 3 aromatic rings. The number of nitrogens with zero attached hydrogens (tertiary/aromatic N) is 6. The molecule has 18 heteroatoms. The molecule has 0 saturated heterocycles. The predicted molar refractivity (Wildman–Crippen MR) is 139 cm³/mol. The van der Waals surface area contributed by atoms with Crippen LogP contribution in [0.25, 0.3) is 0 Å². The van der Waals surface area contributed by atoms with Crippen molar-refractivity contribution >= 4 is 77.1 Å². The van der Waals surface area contributed by atoms with Gasteiger partial charge in [0, 0.05) is 34.0 Å². The molecule has 0 amide bonds. The molecule has 0 aliphatic heterocycles. The van der Waals surface area contributed by atoms with Crippen molar-refractivity contribution < 1.29 is 32.8 Å². The van der Waals surface area contributed by atoms with E-state index in [0.29, 0.717) is 21.2 Å². The van der Waals surface area contributed by atoms with E-state index in [1.54, 1.807) is 26.0 Å². The van der Waals surface area contributed by atoms with E-state index in [1.165, 1.54) is 11.3 Å². The number of rotatable bonds is 8. The molecule has 38 heavy (non-hydrogen) atoms. The number of thiophene rings is 1. The summed E-state index contributed by atoms with van der Waals surface area (Å²) in [5, 5.41) is 44.3. The molecule has 0 N–H and O–H groups in total. The molecule has 0 bridgehead atoms. The Labute approximate surface area is 231 Å². The molecule has 0 aliphatic carbocycles. The molecule has 0 spiro atoms. The third-order valence-electron chi connectivity index (χ3n) is 4.53. The molecule has 0 saturated carbocycles. The molecule has 3 rings (SSSR count). The van der Waals surface area contributed by atoms with Gasteiger partial charge in [0.05, 0.1) is 54.6 Å². The Balaban J connectivity index is 0.00000161. The molecule has 2 aromatic carbocycles. The van der Waals surface area contributed by atoms with E-state index in [-0.39, 0.29) is 24.5 Å². The normalized spacial score (nSPS) is 11.5. The van der Waals surface area contributed by atoms with E-state index >= 15 is 0 Å². The average Bonchev–Trinajstić information content (AvgIpc) is 3.35. The molecule has 14 nitrogen and oxygen atoms in total. The summed E-state index contributed by atoms with van der Waals surface area (Å²) in [7, 11) is 9.53. The molecule has 1 aromatic heterocycles. The number of nitro benzene ring substituents is 4. The van der Waals surface area contributed by atoms with Gasteiger partial charge in [-0.25, -0.2) is 0 Å². The van der Waals surface area contributed by atoms with Crippen LogP contribution in [0.5, 0.6) is 0 Å². The van der Waals surface area contributed by atoms with Gasteiger partial charge in [0.1, 0.15) is 0 Å². The number of non-ortho nitro benzene ring substituents is 4. The van der Waals surface area contributed by atoms with Gasteiger partial charge in [-0.3, -0.25) is 50.4 Å². The first-order valence-electron chi connectivity index (χ1n) is 9.80. The van der Waals surface area contributed by atoms with E-state index in [0.717, 1.165) is 36.4 Å². The zero-order valence-electron chi connectivity index (χ0n) is 19.1. The Hall–Kier alpha value is -3.82. The Bertz CT molecular complexity index is 1310. The van der Waals surface area contributed by atoms with Crippen LogP contribution in [0.1, 0.15) is 23.6 Å². The number of benzene rings is 2. The van der Waals surface area contributed by atoms with Gasteiger partial charge < -0.3 is 0 Å². The van der Waals surface area contributed by atoms with E-state index in [9.17, 15) is 40.5 Å². The summed E-state index contributed by atoms with van der Waals surface area (Å²) in [6.07, 6.45) is 0. The van der Waals surface area contributed by atoms with Crippen LogP contribution in [0.15, 0.2) is 58.5 Å². The molecular weight excluding hydrogens is 611 g/mol. The summed E-state index contributed by atoms with van der Waals surface area (Å²) < 4.78 is 0. The van der Waals surface area contributed by atoms with Crippen LogP contribution in [-0.4, -0.2) is 31.1 Å². The van der Waals surface area contributed by atoms with Gasteiger partial charge in [-0.05, 0) is 26.0 Å². The van der Waals surface area contributed by atoms with Crippen LogP contribution >= 0.6 is 31.5 Å². The Morgan fingerprint density at radius 3 is 1.16 bits per heavy atom. The van der Waals surface area contributed by atoms with Crippen LogP contribution in [0.3, 0.4) is 0 Å². The molecule has 0 aliphatic rings. The van der Waals surface area contributed by atoms with Crippen molar-refractivity contribution in [2.45, 2.75) is 13.8 Å². The van der Waals surface area contributed by atoms with Gasteiger partial charge in [0.15, 0.2) is 0 Å². The zero-order valence-corrected chi connectivity index (χ0v) is 22.5. The maximum absolute atomic E-state index is 11.1. The van der Waals surface area contributed by atoms with E-state index in [4.69, 9.17) is 20.2 Å². The van der Waals surface area contributed by atoms with Crippen molar-refractivity contribution in [2.75, 3.05) is 0 Å². The maximum atomic E-state index is 11.1. The molecule has 0 fully saturated rings. The van der Waals surface area contributed by atoms with Crippen LogP contribution in [0, 0.1) is 40.5 Å². The number of hydrogen-bond donors (Lipinski definition) is 0. The monoisotopic (exact) mass is 624 g/mol. The van der Waals surface area contributed by atoms with Crippen molar-refractivity contribution in [1.29, 1.82) is 0 Å². The van der Waals surface area contributed by atoms with Crippen molar-refractivity contribution in [3.63, 3.8) is 0 Å². The first-order chi connectivity index (χ1) is 17.9. The number of aliphatic imine (C=N–C) groups is 2. The third-order valence-corrected chi connectivity index (χ3v) is 5.83. The van der Waals surface area contributed by atoms with Crippen molar-refractivity contribution in [1.82, 2.24) is 0 Å². The molecule has 0 radical (unpaired) electrons. The summed E-state index contributed by atoms with van der Waals surface area (Å²) in [5.41, 5.74) is -0.943. The fourth-order valence-corrected chi connectivity index (χ4v) is 3.83. The van der Waals surface area contributed by atoms with Gasteiger partial charge in [0.25, 0.3) is 22.7 Å². The summed E-state index contributed by atoms with van der Waals surface area (Å²) in [4.78, 5) is 51.1. The van der Waals surface area contributed by atoms with Gasteiger partial charge in [-0.15, -0.1) is 11.3 Å². The minimum absolute atomic E-state index is 0.0349. The van der Waals surface area contributed by atoms with E-state index in [1.807, 2.05) is 0 Å². The molecule has 1 heterocycles. The zero-order chi connectivity index (χ0) is 28.6. The third kappa shape index (κ3) is 8.36. The standard InChI is InChI=1S/C20H14N6O8S.2ClH.Fe/c1-11(21-13-5-15(23(27)28)9-16(6-13)24(29)30)19-3-4-20(35-19)12(2)22-14-7-17(25(31)32)10-18(8-14)26(33)34;;;/h3-10H,1-2H3;2*1H;/q;;;+2/p-2. The Morgan fingerprint density at radius 2 is 0.921 bits per heavy atom. The van der Waals surface area contributed by atoms with Crippen molar-refractivity contribution in [3.05, 3.63) is 98.7 Å². The second kappa shape index (κ2) is 13.6. The SMILES string of the molecule is CC(=Nc1cc([N+](=O)[O-])cc([N+](=O)[O-])c1)c1ccc(C(C)=Nc2cc([N+](=O)[O-])cc([N+](=O)[O-])c2)s1.[Cl][Fe][Cl]. The second-order valence-electron chi connectivity index (χ2n) is 7.05. The van der Waals surface area contributed by atoms with Crippen molar-refractivity contribution in [3.8, 4) is 0 Å². The summed E-state index contributed by atoms with van der Waals surface area (Å²) in [6, 6.07) is 9.55. The van der Waals surface area contributed by atoms with Crippen molar-refractivity contribution in [2.24, 2.45) is 9.98 Å². The molecule has 0 unspecified atom stereocenters. The molecule has 200 valence electrons. The van der Waals surface area contributed by atoms with Crippen LogP contribution in [0.4, 0.5) is 34.1 Å². The number of halogens is 2. The molecule has 0 atom stereocenters. The fraction of sp³-hybridized carbons (Fsp3) is 0.100. The quantitative estimate of drug-likeness (QED) is 0.110. The number of hydrogen-bond acceptors (Lipinski definition) is 11. The van der Waals surface area contributed by atoms with E-state index in [2.05, 4.69) is 9.98 Å². The summed E-state index contributed by atoms with van der Waals surface area (Å²) in [5.74, 6) is 0. The van der Waals surface area contributed by atoms with Gasteiger partial charge >= 0.3 is 33.3 Å². The van der Waals surface area contributed by atoms with Gasteiger partial charge in [0.2, 0.25) is 0 Å². The van der Waals surface area contributed by atoms with Crippen LogP contribution < -0.4 is 0 Å². The van der Waals surface area contributed by atoms with Gasteiger partial charge in [-0.2, -0.15) is 0 Å². The molecular formula is C20H14Cl2FeN6O8S. The Kier molecular flexibility index (Phi) is 10.9. The summed E-state index contributed by atoms with van der Waals surface area (Å²) >= 11 is 1.43. The first kappa shape index (κ1) is 30.4. The topological polar surface area (TPSA) is 197 Å². The average molecular weight is 625 g/mol. The van der Waals surface area contributed by atoms with Crippen LogP contribution in [-0.2, 0) is 13.1 Å². The van der Waals surface area contributed by atoms with Gasteiger partial charge in [-0.1, -0.05) is 0 Å². The fourth-order valence-electron chi connectivity index (χ4n) is 2.93.